The molecule has 4 rings (SSSR count). The Bertz CT molecular complexity index is 1210. The van der Waals surface area contributed by atoms with Gasteiger partial charge in [0.05, 0.1) is 16.8 Å². The third-order valence-electron chi connectivity index (χ3n) is 4.86. The Hall–Kier alpha value is -3.22. The first-order valence-electron chi connectivity index (χ1n) is 8.60. The van der Waals surface area contributed by atoms with Crippen LogP contribution in [0, 0.1) is 13.8 Å². The lowest BCUT2D eigenvalue weighted by Crippen LogP contribution is -2.12. The zero-order chi connectivity index (χ0) is 19.5. The van der Waals surface area contributed by atoms with E-state index >= 15 is 0 Å². The van der Waals surface area contributed by atoms with Crippen LogP contribution in [0.15, 0.2) is 30.6 Å². The molecule has 0 aliphatic heterocycles. The van der Waals surface area contributed by atoms with E-state index in [0.29, 0.717) is 33.8 Å². The highest BCUT2D eigenvalue weighted by molar-refractivity contribution is 6.11. The standard InChI is InChI=1S/C20H20FN5O/c1-10-5-7-13(27)11(2)16(10)26-18-12(6-8-14(25-18)20(3,4)21)15-17(22)23-9-24-19(15)26/h5-9,27H,1-4H3,(H2,22,23,24). The largest absolute Gasteiger partial charge is 0.508 e. The number of hydrogen-bond acceptors (Lipinski definition) is 5. The number of aryl methyl sites for hydroxylation is 1. The van der Waals surface area contributed by atoms with Crippen molar-refractivity contribution in [1.29, 1.82) is 0 Å². The summed E-state index contributed by atoms with van der Waals surface area (Å²) in [6, 6.07) is 6.92. The fourth-order valence-electron chi connectivity index (χ4n) is 3.44. The normalized spacial score (nSPS) is 12.2. The van der Waals surface area contributed by atoms with Crippen molar-refractivity contribution in [2.75, 3.05) is 5.73 Å². The van der Waals surface area contributed by atoms with Gasteiger partial charge in [-0.15, -0.1) is 0 Å². The number of rotatable bonds is 2. The quantitative estimate of drug-likeness (QED) is 0.559. The van der Waals surface area contributed by atoms with Crippen LogP contribution < -0.4 is 5.73 Å². The molecule has 7 heteroatoms. The molecule has 6 nitrogen and oxygen atoms in total. The summed E-state index contributed by atoms with van der Waals surface area (Å²) in [4.78, 5) is 13.1. The number of nitrogens with zero attached hydrogens (tertiary/aromatic N) is 4. The molecule has 0 unspecified atom stereocenters. The maximum Gasteiger partial charge on any atom is 0.152 e. The van der Waals surface area contributed by atoms with Gasteiger partial charge in [0.2, 0.25) is 0 Å². The van der Waals surface area contributed by atoms with Crippen molar-refractivity contribution in [3.05, 3.63) is 47.4 Å². The molecular formula is C20H20FN5O. The first kappa shape index (κ1) is 17.2. The summed E-state index contributed by atoms with van der Waals surface area (Å²) in [5.74, 6) is 0.489. The topological polar surface area (TPSA) is 89.8 Å². The average Bonchev–Trinajstić information content (AvgIpc) is 2.93. The van der Waals surface area contributed by atoms with Gasteiger partial charge in [0.15, 0.2) is 5.65 Å². The number of benzene rings is 1. The van der Waals surface area contributed by atoms with Crippen LogP contribution in [-0.4, -0.2) is 24.6 Å². The van der Waals surface area contributed by atoms with Crippen molar-refractivity contribution in [2.24, 2.45) is 0 Å². The van der Waals surface area contributed by atoms with E-state index in [2.05, 4.69) is 15.0 Å². The maximum absolute atomic E-state index is 14.6. The lowest BCUT2D eigenvalue weighted by atomic mass is 10.1. The Labute approximate surface area is 155 Å². The number of anilines is 1. The summed E-state index contributed by atoms with van der Waals surface area (Å²) in [5, 5.41) is 11.6. The number of aromatic nitrogens is 4. The molecule has 0 amide bonds. The minimum atomic E-state index is -1.60. The number of nitrogens with two attached hydrogens (primary N) is 1. The van der Waals surface area contributed by atoms with Gasteiger partial charge >= 0.3 is 0 Å². The van der Waals surface area contributed by atoms with Crippen molar-refractivity contribution in [1.82, 2.24) is 19.5 Å². The number of pyridine rings is 1. The third-order valence-corrected chi connectivity index (χ3v) is 4.86. The molecule has 0 spiro atoms. The van der Waals surface area contributed by atoms with Crippen molar-refractivity contribution < 1.29 is 9.50 Å². The SMILES string of the molecule is Cc1ccc(O)c(C)c1-n1c2nc(C(C)(C)F)ccc2c2c(N)ncnc21. The summed E-state index contributed by atoms with van der Waals surface area (Å²) in [7, 11) is 0. The van der Waals surface area contributed by atoms with Gasteiger partial charge in [0.1, 0.15) is 29.2 Å². The summed E-state index contributed by atoms with van der Waals surface area (Å²) in [6.07, 6.45) is 1.39. The molecule has 3 heterocycles. The average molecular weight is 365 g/mol. The Morgan fingerprint density at radius 3 is 2.52 bits per heavy atom. The molecular weight excluding hydrogens is 345 g/mol. The summed E-state index contributed by atoms with van der Waals surface area (Å²) < 4.78 is 16.4. The molecule has 27 heavy (non-hydrogen) atoms. The molecule has 0 aliphatic carbocycles. The van der Waals surface area contributed by atoms with Crippen molar-refractivity contribution in [3.8, 4) is 11.4 Å². The Morgan fingerprint density at radius 1 is 1.07 bits per heavy atom. The van der Waals surface area contributed by atoms with Crippen LogP contribution in [0.5, 0.6) is 5.75 Å². The van der Waals surface area contributed by atoms with Gasteiger partial charge in [-0.05, 0) is 51.5 Å². The van der Waals surface area contributed by atoms with E-state index in [1.54, 1.807) is 18.2 Å². The zero-order valence-electron chi connectivity index (χ0n) is 15.6. The number of phenolic OH excluding ortho intramolecular Hbond substituents is 1. The van der Waals surface area contributed by atoms with E-state index in [4.69, 9.17) is 5.73 Å². The summed E-state index contributed by atoms with van der Waals surface area (Å²) in [5.41, 5.74) is 8.27. The molecule has 0 aliphatic rings. The van der Waals surface area contributed by atoms with E-state index in [9.17, 15) is 9.50 Å². The smallest absolute Gasteiger partial charge is 0.152 e. The van der Waals surface area contributed by atoms with E-state index in [-0.39, 0.29) is 5.75 Å². The first-order chi connectivity index (χ1) is 12.7. The summed E-state index contributed by atoms with van der Waals surface area (Å²) >= 11 is 0. The fraction of sp³-hybridized carbons (Fsp3) is 0.250. The van der Waals surface area contributed by atoms with Gasteiger partial charge in [-0.2, -0.15) is 0 Å². The molecule has 138 valence electrons. The predicted molar refractivity (Wildman–Crippen MR) is 104 cm³/mol. The van der Waals surface area contributed by atoms with Gasteiger partial charge in [0.25, 0.3) is 0 Å². The van der Waals surface area contributed by atoms with Gasteiger partial charge in [-0.1, -0.05) is 6.07 Å². The number of nitrogen functional groups attached to an aromatic ring is 1. The molecule has 0 atom stereocenters. The van der Waals surface area contributed by atoms with E-state index in [1.807, 2.05) is 24.5 Å². The highest BCUT2D eigenvalue weighted by Crippen LogP contribution is 2.37. The van der Waals surface area contributed by atoms with E-state index in [1.165, 1.54) is 20.2 Å². The molecule has 3 N–H and O–H groups in total. The lowest BCUT2D eigenvalue weighted by molar-refractivity contribution is 0.215. The number of halogens is 1. The zero-order valence-corrected chi connectivity index (χ0v) is 15.6. The first-order valence-corrected chi connectivity index (χ1v) is 8.60. The van der Waals surface area contributed by atoms with Crippen molar-refractivity contribution in [3.63, 3.8) is 0 Å². The summed E-state index contributed by atoms with van der Waals surface area (Å²) in [6.45, 7) is 6.69. The highest BCUT2D eigenvalue weighted by atomic mass is 19.1. The number of hydrogen-bond donors (Lipinski definition) is 2. The van der Waals surface area contributed by atoms with Crippen LogP contribution in [0.1, 0.15) is 30.7 Å². The van der Waals surface area contributed by atoms with Gasteiger partial charge in [0, 0.05) is 10.9 Å². The van der Waals surface area contributed by atoms with Crippen LogP contribution in [0.4, 0.5) is 10.2 Å². The monoisotopic (exact) mass is 365 g/mol. The van der Waals surface area contributed by atoms with Crippen LogP contribution >= 0.6 is 0 Å². The van der Waals surface area contributed by atoms with E-state index in [0.717, 1.165) is 16.6 Å². The molecule has 0 saturated carbocycles. The predicted octanol–water partition coefficient (Wildman–Crippen LogP) is 4.08. The second-order valence-corrected chi connectivity index (χ2v) is 7.21. The third kappa shape index (κ3) is 2.50. The van der Waals surface area contributed by atoms with Crippen LogP contribution in [-0.2, 0) is 5.67 Å². The van der Waals surface area contributed by atoms with Crippen molar-refractivity contribution >= 4 is 27.9 Å². The number of fused-ring (bicyclic) bond motifs is 3. The minimum Gasteiger partial charge on any atom is -0.508 e. The molecule has 0 saturated heterocycles. The number of alkyl halides is 1. The molecule has 4 aromatic rings. The van der Waals surface area contributed by atoms with Gasteiger partial charge in [-0.3, -0.25) is 4.57 Å². The maximum atomic E-state index is 14.6. The number of phenols is 1. The molecule has 0 fully saturated rings. The molecule has 0 bridgehead atoms. The Morgan fingerprint density at radius 2 is 1.81 bits per heavy atom. The van der Waals surface area contributed by atoms with Gasteiger partial charge in [-0.25, -0.2) is 19.3 Å². The molecule has 0 radical (unpaired) electrons. The second kappa shape index (κ2) is 5.64. The van der Waals surface area contributed by atoms with Crippen LogP contribution in [0.3, 0.4) is 0 Å². The van der Waals surface area contributed by atoms with Crippen molar-refractivity contribution in [2.45, 2.75) is 33.4 Å². The van der Waals surface area contributed by atoms with Crippen LogP contribution in [0.2, 0.25) is 0 Å². The minimum absolute atomic E-state index is 0.162. The van der Waals surface area contributed by atoms with E-state index < -0.39 is 5.67 Å². The van der Waals surface area contributed by atoms with Crippen LogP contribution in [0.25, 0.3) is 27.8 Å². The Balaban J connectivity index is 2.25. The van der Waals surface area contributed by atoms with Gasteiger partial charge < -0.3 is 10.8 Å². The fourth-order valence-corrected chi connectivity index (χ4v) is 3.44. The molecule has 3 aromatic heterocycles. The second-order valence-electron chi connectivity index (χ2n) is 7.21. The molecule has 1 aromatic carbocycles. The highest BCUT2D eigenvalue weighted by Gasteiger charge is 2.25. The lowest BCUT2D eigenvalue weighted by Gasteiger charge is -2.16. The number of aromatic hydroxyl groups is 1. The Kier molecular flexibility index (Phi) is 3.59.